The van der Waals surface area contributed by atoms with Crippen LogP contribution < -0.4 is 10.3 Å². The second-order valence-electron chi connectivity index (χ2n) is 9.37. The van der Waals surface area contributed by atoms with Gasteiger partial charge in [-0.05, 0) is 35.9 Å². The minimum absolute atomic E-state index is 0.0500. The summed E-state index contributed by atoms with van der Waals surface area (Å²) in [6.45, 7) is 0. The molecule has 5 rings (SSSR count). The van der Waals surface area contributed by atoms with Gasteiger partial charge in [0.2, 0.25) is 0 Å². The van der Waals surface area contributed by atoms with E-state index >= 15 is 0 Å². The summed E-state index contributed by atoms with van der Waals surface area (Å²) in [4.78, 5) is 22.9. The third kappa shape index (κ3) is 4.98. The zero-order valence-corrected chi connectivity index (χ0v) is 21.7. The maximum atomic E-state index is 14.0. The van der Waals surface area contributed by atoms with Crippen LogP contribution in [0.15, 0.2) is 95.9 Å². The number of fused-ring (bicyclic) bond motifs is 1. The predicted molar refractivity (Wildman–Crippen MR) is 142 cm³/mol. The SMILES string of the molecule is COc1cc2nc(Cc3ccccc3)n(-c3ccc(C(O)(C(F)(F)F)C(F)(F)F)cc3)c(=O)c2cc1-c1ccccn1. The van der Waals surface area contributed by atoms with Gasteiger partial charge in [-0.3, -0.25) is 14.3 Å². The molecule has 5 aromatic rings. The Labute approximate surface area is 234 Å². The van der Waals surface area contributed by atoms with Crippen LogP contribution in [0.4, 0.5) is 26.3 Å². The Morgan fingerprint density at radius 3 is 2.07 bits per heavy atom. The van der Waals surface area contributed by atoms with E-state index in [0.29, 0.717) is 29.1 Å². The maximum Gasteiger partial charge on any atom is 0.430 e. The first-order valence-electron chi connectivity index (χ1n) is 12.4. The lowest BCUT2D eigenvalue weighted by Crippen LogP contribution is -2.53. The van der Waals surface area contributed by atoms with Gasteiger partial charge in [0.05, 0.1) is 29.4 Å². The third-order valence-electron chi connectivity index (χ3n) is 6.77. The van der Waals surface area contributed by atoms with E-state index in [1.54, 1.807) is 60.8 Å². The summed E-state index contributed by atoms with van der Waals surface area (Å²) in [5.74, 6) is 0.556. The number of rotatable bonds is 6. The number of pyridine rings is 1. The summed E-state index contributed by atoms with van der Waals surface area (Å²) >= 11 is 0. The van der Waals surface area contributed by atoms with E-state index in [1.165, 1.54) is 13.2 Å². The highest BCUT2D eigenvalue weighted by Crippen LogP contribution is 2.50. The smallest absolute Gasteiger partial charge is 0.430 e. The third-order valence-corrected chi connectivity index (χ3v) is 6.77. The molecule has 3 aromatic carbocycles. The van der Waals surface area contributed by atoms with E-state index < -0.39 is 29.1 Å². The molecule has 216 valence electrons. The van der Waals surface area contributed by atoms with Gasteiger partial charge in [0.25, 0.3) is 11.2 Å². The van der Waals surface area contributed by atoms with E-state index in [-0.39, 0.29) is 28.8 Å². The van der Waals surface area contributed by atoms with E-state index in [4.69, 9.17) is 4.74 Å². The van der Waals surface area contributed by atoms with E-state index in [0.717, 1.165) is 22.3 Å². The molecule has 0 aliphatic rings. The van der Waals surface area contributed by atoms with Gasteiger partial charge in [-0.25, -0.2) is 4.98 Å². The van der Waals surface area contributed by atoms with Crippen molar-refractivity contribution in [3.8, 4) is 22.7 Å². The maximum absolute atomic E-state index is 14.0. The number of benzene rings is 3. The van der Waals surface area contributed by atoms with Crippen molar-refractivity contribution in [2.24, 2.45) is 0 Å². The van der Waals surface area contributed by atoms with Gasteiger partial charge >= 0.3 is 12.4 Å². The molecule has 0 radical (unpaired) electrons. The quantitative estimate of drug-likeness (QED) is 0.235. The number of aromatic nitrogens is 3. The number of alkyl halides is 6. The van der Waals surface area contributed by atoms with Gasteiger partial charge in [0, 0.05) is 29.8 Å². The molecule has 0 fully saturated rings. The number of hydrogen-bond acceptors (Lipinski definition) is 5. The summed E-state index contributed by atoms with van der Waals surface area (Å²) in [6, 6.07) is 19.9. The van der Waals surface area contributed by atoms with Crippen LogP contribution in [0, 0.1) is 0 Å². The summed E-state index contributed by atoms with van der Waals surface area (Å²) in [6.07, 6.45) is -10.4. The first kappa shape index (κ1) is 28.8. The Bertz CT molecular complexity index is 1770. The molecule has 1 N–H and O–H groups in total. The van der Waals surface area contributed by atoms with Crippen LogP contribution in [0.1, 0.15) is 17.0 Å². The molecule has 0 amide bonds. The van der Waals surface area contributed by atoms with Crippen LogP contribution in [0.3, 0.4) is 0 Å². The van der Waals surface area contributed by atoms with Crippen molar-refractivity contribution >= 4 is 10.9 Å². The number of nitrogens with zero attached hydrogens (tertiary/aromatic N) is 3. The van der Waals surface area contributed by atoms with Crippen LogP contribution in [0.25, 0.3) is 27.8 Å². The van der Waals surface area contributed by atoms with Crippen molar-refractivity contribution in [1.29, 1.82) is 0 Å². The molecule has 2 heterocycles. The fourth-order valence-electron chi connectivity index (χ4n) is 4.65. The number of halogens is 6. The first-order chi connectivity index (χ1) is 19.8. The van der Waals surface area contributed by atoms with Crippen molar-refractivity contribution in [3.63, 3.8) is 0 Å². The molecule has 0 unspecified atom stereocenters. The van der Waals surface area contributed by atoms with Crippen LogP contribution >= 0.6 is 0 Å². The van der Waals surface area contributed by atoms with Crippen molar-refractivity contribution in [2.75, 3.05) is 7.11 Å². The first-order valence-corrected chi connectivity index (χ1v) is 12.4. The van der Waals surface area contributed by atoms with Crippen LogP contribution in [-0.4, -0.2) is 39.1 Å². The molecule has 2 aromatic heterocycles. The molecule has 0 bridgehead atoms. The average Bonchev–Trinajstić information content (AvgIpc) is 2.96. The topological polar surface area (TPSA) is 77.2 Å². The molecule has 0 saturated heterocycles. The standard InChI is InChI=1S/C30H21F6N3O3/c1-42-25-17-24-22(16-21(25)23-9-5-6-14-37-23)27(40)39(26(38-24)15-18-7-3-2-4-8-18)20-12-10-19(11-13-20)28(41,29(31,32)33)30(34,35)36/h2-14,16-17,41H,15H2,1H3. The number of methoxy groups -OCH3 is 1. The molecule has 6 nitrogen and oxygen atoms in total. The van der Waals surface area contributed by atoms with Crippen molar-refractivity contribution < 1.29 is 36.2 Å². The van der Waals surface area contributed by atoms with E-state index in [9.17, 15) is 36.2 Å². The van der Waals surface area contributed by atoms with Gasteiger partial charge in [-0.1, -0.05) is 48.5 Å². The average molecular weight is 586 g/mol. The Morgan fingerprint density at radius 2 is 1.50 bits per heavy atom. The Morgan fingerprint density at radius 1 is 0.857 bits per heavy atom. The van der Waals surface area contributed by atoms with Crippen LogP contribution in [0.5, 0.6) is 5.75 Å². The van der Waals surface area contributed by atoms with Crippen molar-refractivity contribution in [2.45, 2.75) is 24.4 Å². The highest BCUT2D eigenvalue weighted by Gasteiger charge is 2.71. The fourth-order valence-corrected chi connectivity index (χ4v) is 4.65. The lowest BCUT2D eigenvalue weighted by atomic mass is 9.92. The molecular formula is C30H21F6N3O3. The molecule has 0 atom stereocenters. The summed E-state index contributed by atoms with van der Waals surface area (Å²) in [5.41, 5.74) is -5.24. The lowest BCUT2D eigenvalue weighted by Gasteiger charge is -2.32. The molecule has 0 aliphatic carbocycles. The number of hydrogen-bond donors (Lipinski definition) is 1. The van der Waals surface area contributed by atoms with E-state index in [1.807, 2.05) is 0 Å². The highest BCUT2D eigenvalue weighted by molar-refractivity contribution is 5.87. The van der Waals surface area contributed by atoms with Gasteiger partial charge in [-0.2, -0.15) is 26.3 Å². The zero-order chi connectivity index (χ0) is 30.3. The van der Waals surface area contributed by atoms with Crippen molar-refractivity contribution in [1.82, 2.24) is 14.5 Å². The van der Waals surface area contributed by atoms with Crippen LogP contribution in [0.2, 0.25) is 0 Å². The largest absolute Gasteiger partial charge is 0.496 e. The summed E-state index contributed by atoms with van der Waals surface area (Å²) < 4.78 is 87.3. The minimum atomic E-state index is -6.05. The molecule has 0 spiro atoms. The highest BCUT2D eigenvalue weighted by atomic mass is 19.4. The monoisotopic (exact) mass is 585 g/mol. The minimum Gasteiger partial charge on any atom is -0.496 e. The number of ether oxygens (including phenoxy) is 1. The van der Waals surface area contributed by atoms with E-state index in [2.05, 4.69) is 9.97 Å². The second kappa shape index (κ2) is 10.6. The fraction of sp³-hybridized carbons (Fsp3) is 0.167. The number of aliphatic hydroxyl groups is 1. The summed E-state index contributed by atoms with van der Waals surface area (Å²) in [5, 5.41) is 9.91. The summed E-state index contributed by atoms with van der Waals surface area (Å²) in [7, 11) is 1.45. The Balaban J connectivity index is 1.74. The Hall–Kier alpha value is -4.71. The molecule has 0 aliphatic heterocycles. The van der Waals surface area contributed by atoms with Crippen molar-refractivity contribution in [3.05, 3.63) is 118 Å². The molecule has 0 saturated carbocycles. The molecule has 42 heavy (non-hydrogen) atoms. The predicted octanol–water partition coefficient (Wildman–Crippen LogP) is 6.36. The van der Waals surface area contributed by atoms with Crippen LogP contribution in [-0.2, 0) is 12.0 Å². The normalized spacial score (nSPS) is 12.5. The zero-order valence-electron chi connectivity index (χ0n) is 21.7. The Kier molecular flexibility index (Phi) is 7.27. The molecule has 12 heteroatoms. The van der Waals surface area contributed by atoms with Gasteiger partial charge < -0.3 is 9.84 Å². The van der Waals surface area contributed by atoms with Gasteiger partial charge in [0.15, 0.2) is 0 Å². The second-order valence-corrected chi connectivity index (χ2v) is 9.37. The molecular weight excluding hydrogens is 564 g/mol. The van der Waals surface area contributed by atoms with Gasteiger partial charge in [0.1, 0.15) is 11.6 Å². The lowest BCUT2D eigenvalue weighted by molar-refractivity contribution is -0.376. The van der Waals surface area contributed by atoms with Gasteiger partial charge in [-0.15, -0.1) is 0 Å².